The molecule has 0 bridgehead atoms. The molecule has 2 rings (SSSR count). The van der Waals surface area contributed by atoms with E-state index in [9.17, 15) is 9.59 Å². The van der Waals surface area contributed by atoms with E-state index in [2.05, 4.69) is 10.3 Å². The van der Waals surface area contributed by atoms with E-state index >= 15 is 0 Å². The summed E-state index contributed by atoms with van der Waals surface area (Å²) in [4.78, 5) is 25.3. The van der Waals surface area contributed by atoms with Crippen LogP contribution in [-0.2, 0) is 6.54 Å². The molecule has 0 radical (unpaired) electrons. The summed E-state index contributed by atoms with van der Waals surface area (Å²) in [6.07, 6.45) is 0. The van der Waals surface area contributed by atoms with E-state index in [4.69, 9.17) is 10.5 Å². The fourth-order valence-electron chi connectivity index (χ4n) is 1.55. The molecule has 1 aromatic heterocycles. The number of anilines is 1. The summed E-state index contributed by atoms with van der Waals surface area (Å²) in [5, 5.41) is 4.37. The van der Waals surface area contributed by atoms with Crippen molar-refractivity contribution in [3.8, 4) is 5.75 Å². The predicted molar refractivity (Wildman–Crippen MR) is 73.5 cm³/mol. The first kappa shape index (κ1) is 13.2. The van der Waals surface area contributed by atoms with Crippen molar-refractivity contribution in [2.45, 2.75) is 6.54 Å². The van der Waals surface area contributed by atoms with Crippen LogP contribution in [0.5, 0.6) is 5.75 Å². The van der Waals surface area contributed by atoms with Gasteiger partial charge in [-0.25, -0.2) is 0 Å². The van der Waals surface area contributed by atoms with Gasteiger partial charge in [-0.3, -0.25) is 9.59 Å². The first-order valence-corrected chi connectivity index (χ1v) is 6.36. The van der Waals surface area contributed by atoms with Crippen LogP contribution in [0.25, 0.3) is 0 Å². The molecule has 6 nitrogen and oxygen atoms in total. The molecule has 1 aromatic carbocycles. The number of hydrogen-bond donors (Lipinski definition) is 3. The Morgan fingerprint density at radius 3 is 2.89 bits per heavy atom. The maximum Gasteiger partial charge on any atom is 0.304 e. The molecule has 0 unspecified atom stereocenters. The molecule has 0 aliphatic rings. The third kappa shape index (κ3) is 3.14. The van der Waals surface area contributed by atoms with E-state index in [1.165, 1.54) is 7.11 Å². The van der Waals surface area contributed by atoms with Gasteiger partial charge in [0.05, 0.1) is 19.3 Å². The smallest absolute Gasteiger partial charge is 0.304 e. The third-order valence-electron chi connectivity index (χ3n) is 2.50. The number of nitrogens with one attached hydrogen (secondary N) is 2. The first-order valence-electron chi connectivity index (χ1n) is 5.48. The van der Waals surface area contributed by atoms with Crippen LogP contribution in [-0.4, -0.2) is 18.0 Å². The molecule has 2 aromatic rings. The maximum atomic E-state index is 11.9. The van der Waals surface area contributed by atoms with Gasteiger partial charge in [0.2, 0.25) is 0 Å². The Labute approximate surface area is 113 Å². The number of rotatable bonds is 4. The van der Waals surface area contributed by atoms with Crippen molar-refractivity contribution in [1.29, 1.82) is 0 Å². The van der Waals surface area contributed by atoms with Gasteiger partial charge < -0.3 is 20.8 Å². The van der Waals surface area contributed by atoms with Gasteiger partial charge in [0, 0.05) is 16.6 Å². The number of nitrogen functional groups attached to an aromatic ring is 1. The Morgan fingerprint density at radius 2 is 2.32 bits per heavy atom. The lowest BCUT2D eigenvalue weighted by Gasteiger charge is -2.07. The second-order valence-corrected chi connectivity index (χ2v) is 4.66. The number of H-pyrrole nitrogens is 1. The van der Waals surface area contributed by atoms with E-state index in [0.717, 1.165) is 11.3 Å². The van der Waals surface area contributed by atoms with Crippen LogP contribution >= 0.6 is 11.3 Å². The number of amides is 1. The van der Waals surface area contributed by atoms with E-state index in [-0.39, 0.29) is 17.3 Å². The summed E-state index contributed by atoms with van der Waals surface area (Å²) in [5.41, 5.74) is 7.24. The van der Waals surface area contributed by atoms with Crippen molar-refractivity contribution in [3.63, 3.8) is 0 Å². The molecule has 0 saturated carbocycles. The average Bonchev–Trinajstić information content (AvgIpc) is 2.81. The molecule has 0 atom stereocenters. The van der Waals surface area contributed by atoms with Crippen molar-refractivity contribution < 1.29 is 9.53 Å². The summed E-state index contributed by atoms with van der Waals surface area (Å²) in [6.45, 7) is 0.267. The first-order chi connectivity index (χ1) is 9.10. The molecule has 0 fully saturated rings. The van der Waals surface area contributed by atoms with Crippen molar-refractivity contribution in [2.75, 3.05) is 12.8 Å². The Balaban J connectivity index is 2.03. The van der Waals surface area contributed by atoms with E-state index in [1.807, 2.05) is 0 Å². The minimum atomic E-state index is -0.263. The number of carbonyl (C=O) groups excluding carboxylic acids is 1. The van der Waals surface area contributed by atoms with E-state index < -0.39 is 0 Å². The third-order valence-corrected chi connectivity index (χ3v) is 3.22. The lowest BCUT2D eigenvalue weighted by atomic mass is 10.1. The van der Waals surface area contributed by atoms with Crippen LogP contribution in [0, 0.1) is 0 Å². The summed E-state index contributed by atoms with van der Waals surface area (Å²) in [5.74, 6) is 0.264. The number of aromatic nitrogens is 1. The van der Waals surface area contributed by atoms with Crippen molar-refractivity contribution in [3.05, 3.63) is 44.5 Å². The highest BCUT2D eigenvalue weighted by atomic mass is 32.1. The molecule has 1 amide bonds. The van der Waals surface area contributed by atoms with E-state index in [1.54, 1.807) is 23.6 Å². The molecular formula is C12H13N3O3S. The fourth-order valence-corrected chi connectivity index (χ4v) is 2.14. The SMILES string of the molecule is COc1ccc(C(=O)NCc2csc(=O)[nH]2)cc1N. The van der Waals surface area contributed by atoms with Crippen LogP contribution in [0.3, 0.4) is 0 Å². The zero-order chi connectivity index (χ0) is 13.8. The van der Waals surface area contributed by atoms with Gasteiger partial charge in [-0.15, -0.1) is 0 Å². The predicted octanol–water partition coefficient (Wildman–Crippen LogP) is 0.957. The minimum Gasteiger partial charge on any atom is -0.495 e. The van der Waals surface area contributed by atoms with Crippen LogP contribution in [0.2, 0.25) is 0 Å². The number of carbonyl (C=O) groups is 1. The highest BCUT2D eigenvalue weighted by molar-refractivity contribution is 7.07. The van der Waals surface area contributed by atoms with Gasteiger partial charge >= 0.3 is 4.87 Å². The molecule has 0 aliphatic heterocycles. The molecule has 0 spiro atoms. The van der Waals surface area contributed by atoms with Gasteiger partial charge in [0.25, 0.3) is 5.91 Å². The Kier molecular flexibility index (Phi) is 3.86. The molecule has 4 N–H and O–H groups in total. The molecule has 0 saturated heterocycles. The Hall–Kier alpha value is -2.28. The summed E-state index contributed by atoms with van der Waals surface area (Å²) >= 11 is 1.06. The van der Waals surface area contributed by atoms with Crippen molar-refractivity contribution in [2.24, 2.45) is 0 Å². The molecule has 100 valence electrons. The van der Waals surface area contributed by atoms with Crippen LogP contribution in [0.1, 0.15) is 16.1 Å². The number of aromatic amines is 1. The monoisotopic (exact) mass is 279 g/mol. The number of ether oxygens (including phenoxy) is 1. The maximum absolute atomic E-state index is 11.9. The quantitative estimate of drug-likeness (QED) is 0.726. The number of nitrogens with two attached hydrogens (primary N) is 1. The van der Waals surface area contributed by atoms with Gasteiger partial charge in [0.15, 0.2) is 0 Å². The lowest BCUT2D eigenvalue weighted by Crippen LogP contribution is -2.23. The van der Waals surface area contributed by atoms with Crippen molar-refractivity contribution in [1.82, 2.24) is 10.3 Å². The molecule has 19 heavy (non-hydrogen) atoms. The standard InChI is InChI=1S/C12H13N3O3S/c1-18-10-3-2-7(4-9(10)13)11(16)14-5-8-6-19-12(17)15-8/h2-4,6H,5,13H2,1H3,(H,14,16)(H,15,17). The van der Waals surface area contributed by atoms with Gasteiger partial charge in [-0.05, 0) is 18.2 Å². The zero-order valence-electron chi connectivity index (χ0n) is 10.2. The molecule has 7 heteroatoms. The minimum absolute atomic E-state index is 0.141. The average molecular weight is 279 g/mol. The summed E-state index contributed by atoms with van der Waals surface area (Å²) in [6, 6.07) is 4.81. The van der Waals surface area contributed by atoms with Crippen LogP contribution < -0.4 is 20.7 Å². The molecular weight excluding hydrogens is 266 g/mol. The zero-order valence-corrected chi connectivity index (χ0v) is 11.0. The number of methoxy groups -OCH3 is 1. The Bertz CT molecular complexity index is 648. The normalized spacial score (nSPS) is 10.2. The van der Waals surface area contributed by atoms with Gasteiger partial charge in [0.1, 0.15) is 5.75 Å². The van der Waals surface area contributed by atoms with E-state index in [0.29, 0.717) is 22.7 Å². The Morgan fingerprint density at radius 1 is 1.53 bits per heavy atom. The molecule has 1 heterocycles. The fraction of sp³-hybridized carbons (Fsp3) is 0.167. The lowest BCUT2D eigenvalue weighted by molar-refractivity contribution is 0.0950. The van der Waals surface area contributed by atoms with Crippen LogP contribution in [0.15, 0.2) is 28.4 Å². The van der Waals surface area contributed by atoms with Crippen molar-refractivity contribution >= 4 is 22.9 Å². The highest BCUT2D eigenvalue weighted by Gasteiger charge is 2.08. The molecule has 0 aliphatic carbocycles. The summed E-state index contributed by atoms with van der Waals surface area (Å²) in [7, 11) is 1.51. The highest BCUT2D eigenvalue weighted by Crippen LogP contribution is 2.21. The summed E-state index contributed by atoms with van der Waals surface area (Å²) < 4.78 is 5.02. The second-order valence-electron chi connectivity index (χ2n) is 3.81. The van der Waals surface area contributed by atoms with Crippen LogP contribution in [0.4, 0.5) is 5.69 Å². The van der Waals surface area contributed by atoms with Gasteiger partial charge in [-0.1, -0.05) is 11.3 Å². The van der Waals surface area contributed by atoms with Gasteiger partial charge in [-0.2, -0.15) is 0 Å². The second kappa shape index (κ2) is 5.57. The largest absolute Gasteiger partial charge is 0.495 e. The number of hydrogen-bond acceptors (Lipinski definition) is 5. The number of benzene rings is 1. The topological polar surface area (TPSA) is 97.2 Å². The number of thiazole rings is 1.